The molecule has 3 heteroatoms. The molecule has 0 spiro atoms. The van der Waals surface area contributed by atoms with Crippen molar-refractivity contribution in [3.8, 4) is 0 Å². The van der Waals surface area contributed by atoms with Gasteiger partial charge in [-0.3, -0.25) is 4.79 Å². The van der Waals surface area contributed by atoms with Gasteiger partial charge in [-0.2, -0.15) is 0 Å². The Balaban J connectivity index is 2.89. The zero-order valence-electron chi connectivity index (χ0n) is 8.43. The van der Waals surface area contributed by atoms with Gasteiger partial charge in [0.15, 0.2) is 0 Å². The standard InChI is InChI=1S/C12H11NO2/c1-9-8-12(15)13(6-7-14)11-5-3-2-4-10(9)11/h2-5,7-8H,6H2,1H3. The number of rotatable bonds is 2. The van der Waals surface area contributed by atoms with Crippen LogP contribution in [-0.4, -0.2) is 10.9 Å². The largest absolute Gasteiger partial charge is 0.301 e. The van der Waals surface area contributed by atoms with Gasteiger partial charge in [-0.15, -0.1) is 0 Å². The third-order valence-electron chi connectivity index (χ3n) is 2.48. The summed E-state index contributed by atoms with van der Waals surface area (Å²) in [5.74, 6) is 0. The Morgan fingerprint density at radius 2 is 2.07 bits per heavy atom. The highest BCUT2D eigenvalue weighted by atomic mass is 16.1. The molecule has 0 N–H and O–H groups in total. The predicted molar refractivity (Wildman–Crippen MR) is 59.0 cm³/mol. The number of carbonyl (C=O) groups is 1. The van der Waals surface area contributed by atoms with Gasteiger partial charge in [0.05, 0.1) is 12.1 Å². The summed E-state index contributed by atoms with van der Waals surface area (Å²) >= 11 is 0. The molecule has 15 heavy (non-hydrogen) atoms. The minimum absolute atomic E-state index is 0.111. The number of benzene rings is 1. The van der Waals surface area contributed by atoms with Crippen LogP contribution in [0, 0.1) is 6.92 Å². The van der Waals surface area contributed by atoms with Crippen LogP contribution in [0.15, 0.2) is 35.1 Å². The van der Waals surface area contributed by atoms with Crippen LogP contribution in [0.3, 0.4) is 0 Å². The van der Waals surface area contributed by atoms with E-state index in [2.05, 4.69) is 0 Å². The van der Waals surface area contributed by atoms with Gasteiger partial charge in [-0.05, 0) is 18.6 Å². The Bertz CT molecular complexity index is 569. The van der Waals surface area contributed by atoms with Crippen molar-refractivity contribution in [2.24, 2.45) is 0 Å². The van der Waals surface area contributed by atoms with Crippen molar-refractivity contribution in [3.63, 3.8) is 0 Å². The molecule has 1 aromatic carbocycles. The molecule has 0 aliphatic heterocycles. The summed E-state index contributed by atoms with van der Waals surface area (Å²) in [5, 5.41) is 1.01. The average molecular weight is 201 g/mol. The van der Waals surface area contributed by atoms with Gasteiger partial charge in [0.2, 0.25) is 0 Å². The van der Waals surface area contributed by atoms with Crippen molar-refractivity contribution in [1.29, 1.82) is 0 Å². The molecular formula is C12H11NO2. The first kappa shape index (κ1) is 9.65. The van der Waals surface area contributed by atoms with Gasteiger partial charge in [0.25, 0.3) is 5.56 Å². The lowest BCUT2D eigenvalue weighted by Crippen LogP contribution is -2.20. The van der Waals surface area contributed by atoms with E-state index in [1.54, 1.807) is 6.07 Å². The first-order valence-corrected chi connectivity index (χ1v) is 4.77. The van der Waals surface area contributed by atoms with E-state index in [9.17, 15) is 9.59 Å². The summed E-state index contributed by atoms with van der Waals surface area (Å²) in [6.45, 7) is 2.01. The number of para-hydroxylation sites is 1. The van der Waals surface area contributed by atoms with Gasteiger partial charge in [0.1, 0.15) is 6.29 Å². The molecule has 0 aliphatic rings. The Labute approximate surface area is 87.0 Å². The second-order valence-electron chi connectivity index (χ2n) is 3.46. The third kappa shape index (κ3) is 1.56. The summed E-state index contributed by atoms with van der Waals surface area (Å²) in [7, 11) is 0. The highest BCUT2D eigenvalue weighted by molar-refractivity contribution is 5.82. The maximum Gasteiger partial charge on any atom is 0.251 e. The van der Waals surface area contributed by atoms with Crippen LogP contribution < -0.4 is 5.56 Å². The van der Waals surface area contributed by atoms with Crippen molar-refractivity contribution in [1.82, 2.24) is 4.57 Å². The van der Waals surface area contributed by atoms with Crippen molar-refractivity contribution >= 4 is 17.2 Å². The fraction of sp³-hybridized carbons (Fsp3) is 0.167. The summed E-state index contributed by atoms with van der Waals surface area (Å²) in [6.07, 6.45) is 0.739. The topological polar surface area (TPSA) is 39.1 Å². The van der Waals surface area contributed by atoms with Crippen molar-refractivity contribution in [2.45, 2.75) is 13.5 Å². The monoisotopic (exact) mass is 201 g/mol. The van der Waals surface area contributed by atoms with E-state index in [0.717, 1.165) is 22.8 Å². The maximum absolute atomic E-state index is 11.6. The van der Waals surface area contributed by atoms with E-state index >= 15 is 0 Å². The number of hydrogen-bond acceptors (Lipinski definition) is 2. The van der Waals surface area contributed by atoms with Crippen molar-refractivity contribution < 1.29 is 4.79 Å². The minimum Gasteiger partial charge on any atom is -0.301 e. The Morgan fingerprint density at radius 3 is 2.80 bits per heavy atom. The fourth-order valence-electron chi connectivity index (χ4n) is 1.76. The maximum atomic E-state index is 11.6. The molecule has 2 aromatic rings. The number of aldehydes is 1. The van der Waals surface area contributed by atoms with E-state index in [-0.39, 0.29) is 12.1 Å². The van der Waals surface area contributed by atoms with E-state index < -0.39 is 0 Å². The van der Waals surface area contributed by atoms with E-state index in [1.165, 1.54) is 4.57 Å². The molecule has 0 aliphatic carbocycles. The summed E-state index contributed by atoms with van der Waals surface area (Å²) < 4.78 is 1.48. The number of aromatic nitrogens is 1. The Morgan fingerprint density at radius 1 is 1.33 bits per heavy atom. The summed E-state index contributed by atoms with van der Waals surface area (Å²) in [6, 6.07) is 9.15. The second kappa shape index (κ2) is 3.69. The quantitative estimate of drug-likeness (QED) is 0.691. The van der Waals surface area contributed by atoms with Crippen molar-refractivity contribution in [3.05, 3.63) is 46.2 Å². The molecule has 0 saturated heterocycles. The van der Waals surface area contributed by atoms with Crippen LogP contribution in [0.4, 0.5) is 0 Å². The number of nitrogens with zero attached hydrogens (tertiary/aromatic N) is 1. The lowest BCUT2D eigenvalue weighted by atomic mass is 10.1. The molecule has 76 valence electrons. The molecule has 3 nitrogen and oxygen atoms in total. The minimum atomic E-state index is -0.127. The number of pyridine rings is 1. The molecule has 0 amide bonds. The molecule has 0 unspecified atom stereocenters. The molecule has 0 fully saturated rings. The number of carbonyl (C=O) groups excluding carboxylic acids is 1. The second-order valence-corrected chi connectivity index (χ2v) is 3.46. The molecule has 2 rings (SSSR count). The van der Waals surface area contributed by atoms with Crippen LogP contribution in [-0.2, 0) is 11.3 Å². The summed E-state index contributed by atoms with van der Waals surface area (Å²) in [5.41, 5.74) is 1.63. The van der Waals surface area contributed by atoms with Gasteiger partial charge >= 0.3 is 0 Å². The van der Waals surface area contributed by atoms with Crippen LogP contribution in [0.1, 0.15) is 5.56 Å². The van der Waals surface area contributed by atoms with Gasteiger partial charge in [-0.25, -0.2) is 0 Å². The molecule has 1 heterocycles. The smallest absolute Gasteiger partial charge is 0.251 e. The van der Waals surface area contributed by atoms with Gasteiger partial charge in [-0.1, -0.05) is 18.2 Å². The highest BCUT2D eigenvalue weighted by Crippen LogP contribution is 2.15. The average Bonchev–Trinajstić information content (AvgIpc) is 2.24. The first-order valence-electron chi connectivity index (χ1n) is 4.77. The predicted octanol–water partition coefficient (Wildman–Crippen LogP) is 1.51. The fourth-order valence-corrected chi connectivity index (χ4v) is 1.76. The Hall–Kier alpha value is -1.90. The SMILES string of the molecule is Cc1cc(=O)n(CC=O)c2ccccc12. The molecule has 0 bridgehead atoms. The highest BCUT2D eigenvalue weighted by Gasteiger charge is 2.04. The number of aryl methyl sites for hydroxylation is 1. The Kier molecular flexibility index (Phi) is 2.37. The lowest BCUT2D eigenvalue weighted by molar-refractivity contribution is -0.108. The summed E-state index contributed by atoms with van der Waals surface area (Å²) in [4.78, 5) is 22.1. The number of hydrogen-bond donors (Lipinski definition) is 0. The van der Waals surface area contributed by atoms with E-state index in [4.69, 9.17) is 0 Å². The molecule has 0 radical (unpaired) electrons. The van der Waals surface area contributed by atoms with Gasteiger partial charge in [0, 0.05) is 11.5 Å². The molecule has 0 atom stereocenters. The zero-order chi connectivity index (χ0) is 10.8. The van der Waals surface area contributed by atoms with Crippen LogP contribution >= 0.6 is 0 Å². The van der Waals surface area contributed by atoms with E-state index in [0.29, 0.717) is 0 Å². The van der Waals surface area contributed by atoms with Crippen LogP contribution in [0.2, 0.25) is 0 Å². The molecule has 1 aromatic heterocycles. The third-order valence-corrected chi connectivity index (χ3v) is 2.48. The van der Waals surface area contributed by atoms with Crippen LogP contribution in [0.25, 0.3) is 10.9 Å². The van der Waals surface area contributed by atoms with Crippen LogP contribution in [0.5, 0.6) is 0 Å². The lowest BCUT2D eigenvalue weighted by Gasteiger charge is -2.08. The van der Waals surface area contributed by atoms with Crippen molar-refractivity contribution in [2.75, 3.05) is 0 Å². The van der Waals surface area contributed by atoms with Gasteiger partial charge < -0.3 is 9.36 Å². The molecule has 0 saturated carbocycles. The zero-order valence-corrected chi connectivity index (χ0v) is 8.43. The first-order chi connectivity index (χ1) is 7.24. The normalized spacial score (nSPS) is 10.5. The van der Waals surface area contributed by atoms with E-state index in [1.807, 2.05) is 31.2 Å². The number of fused-ring (bicyclic) bond motifs is 1. The molecular weight excluding hydrogens is 190 g/mol.